The number of nitrogens with two attached hydrogens (primary N) is 2. The van der Waals surface area contributed by atoms with Crippen LogP contribution in [0.2, 0.25) is 0 Å². The highest BCUT2D eigenvalue weighted by molar-refractivity contribution is 5.92. The van der Waals surface area contributed by atoms with Crippen LogP contribution in [-0.4, -0.2) is 61.2 Å². The first-order chi connectivity index (χ1) is 16.7. The predicted molar refractivity (Wildman–Crippen MR) is 131 cm³/mol. The average molecular weight is 527 g/mol. The van der Waals surface area contributed by atoms with Gasteiger partial charge < -0.3 is 30.7 Å². The van der Waals surface area contributed by atoms with Crippen LogP contribution in [0, 0.1) is 17.5 Å². The molecule has 1 fully saturated rings. The van der Waals surface area contributed by atoms with Crippen LogP contribution < -0.4 is 25.8 Å². The molecule has 3 aromatic rings. The third-order valence-corrected chi connectivity index (χ3v) is 5.97. The molecular formula is C23H26ClF3N6O3. The van der Waals surface area contributed by atoms with Crippen molar-refractivity contribution in [3.63, 3.8) is 0 Å². The average Bonchev–Trinajstić information content (AvgIpc) is 2.84. The number of methoxy groups -OCH3 is 2. The Morgan fingerprint density at radius 2 is 1.78 bits per heavy atom. The van der Waals surface area contributed by atoms with Crippen LogP contribution in [0.1, 0.15) is 18.0 Å². The fourth-order valence-electron chi connectivity index (χ4n) is 4.06. The highest BCUT2D eigenvalue weighted by atomic mass is 35.5. The maximum atomic E-state index is 15.0. The van der Waals surface area contributed by atoms with Crippen LogP contribution >= 0.6 is 12.4 Å². The molecule has 1 aliphatic rings. The molecule has 1 saturated heterocycles. The Morgan fingerprint density at radius 1 is 1.08 bits per heavy atom. The standard InChI is InChI=1S/C23H25F3N6O3.ClH/c1-34-17-10-14-20(19(26)21(17)35-2)29-23(30-22(14)28)32-7-5-31(6-8-32)18(33)11-16(27)13-4-3-12(24)9-15(13)25;/h3-4,9-10,16H,5-8,11,27H2,1-2H3,(H2,28,29,30);1H/t16-;/m1./s1. The summed E-state index contributed by atoms with van der Waals surface area (Å²) in [5, 5.41) is 0.291. The van der Waals surface area contributed by atoms with Crippen molar-refractivity contribution in [2.24, 2.45) is 5.73 Å². The number of ether oxygens (including phenoxy) is 2. The van der Waals surface area contributed by atoms with Gasteiger partial charge in [-0.15, -0.1) is 12.4 Å². The Balaban J connectivity index is 0.00000361. The number of fused-ring (bicyclic) bond motifs is 1. The number of carbonyl (C=O) groups is 1. The number of benzene rings is 2. The molecule has 0 unspecified atom stereocenters. The first-order valence-corrected chi connectivity index (χ1v) is 10.8. The number of hydrogen-bond acceptors (Lipinski definition) is 8. The van der Waals surface area contributed by atoms with Crippen molar-refractivity contribution in [1.29, 1.82) is 0 Å². The van der Waals surface area contributed by atoms with Gasteiger partial charge in [-0.25, -0.2) is 18.2 Å². The van der Waals surface area contributed by atoms with E-state index in [1.807, 2.05) is 0 Å². The zero-order valence-corrected chi connectivity index (χ0v) is 20.4. The second kappa shape index (κ2) is 11.0. The number of anilines is 2. The number of aromatic nitrogens is 2. The summed E-state index contributed by atoms with van der Waals surface area (Å²) in [6.07, 6.45) is -0.130. The molecule has 4 rings (SSSR count). The number of amides is 1. The van der Waals surface area contributed by atoms with E-state index in [2.05, 4.69) is 9.97 Å². The van der Waals surface area contributed by atoms with Crippen molar-refractivity contribution in [3.8, 4) is 11.5 Å². The first kappa shape index (κ1) is 27.1. The Kier molecular flexibility index (Phi) is 8.31. The predicted octanol–water partition coefficient (Wildman–Crippen LogP) is 2.81. The zero-order chi connectivity index (χ0) is 25.3. The number of hydrogen-bond donors (Lipinski definition) is 2. The van der Waals surface area contributed by atoms with Gasteiger partial charge in [-0.05, 0) is 12.1 Å². The Morgan fingerprint density at radius 3 is 2.39 bits per heavy atom. The topological polar surface area (TPSA) is 120 Å². The van der Waals surface area contributed by atoms with Gasteiger partial charge in [0.1, 0.15) is 23.0 Å². The summed E-state index contributed by atoms with van der Waals surface area (Å²) >= 11 is 0. The van der Waals surface area contributed by atoms with Gasteiger partial charge in [-0.1, -0.05) is 6.07 Å². The third kappa shape index (κ3) is 5.19. The van der Waals surface area contributed by atoms with Crippen LogP contribution in [-0.2, 0) is 4.79 Å². The minimum atomic E-state index is -0.903. The molecule has 194 valence electrons. The van der Waals surface area contributed by atoms with Gasteiger partial charge in [-0.3, -0.25) is 4.79 Å². The normalized spacial score (nSPS) is 14.4. The summed E-state index contributed by atoms with van der Waals surface area (Å²) in [6.45, 7) is 1.39. The number of piperazine rings is 1. The largest absolute Gasteiger partial charge is 0.493 e. The Bertz CT molecular complexity index is 1270. The van der Waals surface area contributed by atoms with Crippen molar-refractivity contribution < 1.29 is 27.4 Å². The molecule has 1 atom stereocenters. The highest BCUT2D eigenvalue weighted by Crippen LogP contribution is 2.37. The van der Waals surface area contributed by atoms with E-state index in [-0.39, 0.29) is 59.1 Å². The molecule has 1 aliphatic heterocycles. The number of carbonyl (C=O) groups excluding carboxylic acids is 1. The first-order valence-electron chi connectivity index (χ1n) is 10.8. The van der Waals surface area contributed by atoms with Gasteiger partial charge in [0.25, 0.3) is 0 Å². The van der Waals surface area contributed by atoms with E-state index in [1.165, 1.54) is 26.4 Å². The lowest BCUT2D eigenvalue weighted by molar-refractivity contribution is -0.131. The van der Waals surface area contributed by atoms with Gasteiger partial charge >= 0.3 is 0 Å². The molecule has 1 aromatic heterocycles. The molecule has 0 aliphatic carbocycles. The van der Waals surface area contributed by atoms with Crippen LogP contribution in [0.25, 0.3) is 10.9 Å². The zero-order valence-electron chi connectivity index (χ0n) is 19.6. The summed E-state index contributed by atoms with van der Waals surface area (Å²) in [5.74, 6) is -2.10. The van der Waals surface area contributed by atoms with E-state index in [4.69, 9.17) is 20.9 Å². The van der Waals surface area contributed by atoms with Gasteiger partial charge in [0, 0.05) is 55.7 Å². The van der Waals surface area contributed by atoms with Crippen molar-refractivity contribution in [1.82, 2.24) is 14.9 Å². The van der Waals surface area contributed by atoms with E-state index in [1.54, 1.807) is 9.80 Å². The van der Waals surface area contributed by atoms with E-state index < -0.39 is 23.5 Å². The number of halogens is 4. The van der Waals surface area contributed by atoms with Crippen LogP contribution in [0.4, 0.5) is 24.9 Å². The van der Waals surface area contributed by atoms with Crippen molar-refractivity contribution in [2.75, 3.05) is 51.0 Å². The van der Waals surface area contributed by atoms with Gasteiger partial charge in [0.05, 0.1) is 14.2 Å². The Labute approximate surface area is 211 Å². The maximum Gasteiger partial charge on any atom is 0.228 e. The lowest BCUT2D eigenvalue weighted by Crippen LogP contribution is -2.49. The second-order valence-electron chi connectivity index (χ2n) is 8.08. The summed E-state index contributed by atoms with van der Waals surface area (Å²) in [5.41, 5.74) is 12.1. The van der Waals surface area contributed by atoms with Crippen LogP contribution in [0.3, 0.4) is 0 Å². The monoisotopic (exact) mass is 526 g/mol. The minimum Gasteiger partial charge on any atom is -0.493 e. The molecular weight excluding hydrogens is 501 g/mol. The maximum absolute atomic E-state index is 15.0. The van der Waals surface area contributed by atoms with Crippen LogP contribution in [0.5, 0.6) is 11.5 Å². The quantitative estimate of drug-likeness (QED) is 0.503. The molecule has 13 heteroatoms. The smallest absolute Gasteiger partial charge is 0.228 e. The molecule has 2 aromatic carbocycles. The van der Waals surface area contributed by atoms with Gasteiger partial charge in [0.15, 0.2) is 17.3 Å². The summed E-state index contributed by atoms with van der Waals surface area (Å²) < 4.78 is 52.4. The van der Waals surface area contributed by atoms with Crippen molar-refractivity contribution in [2.45, 2.75) is 12.5 Å². The molecule has 0 spiro atoms. The molecule has 0 bridgehead atoms. The highest BCUT2D eigenvalue weighted by Gasteiger charge is 2.27. The molecule has 2 heterocycles. The lowest BCUT2D eigenvalue weighted by atomic mass is 10.0. The third-order valence-electron chi connectivity index (χ3n) is 5.97. The van der Waals surface area contributed by atoms with Gasteiger partial charge in [-0.2, -0.15) is 4.98 Å². The molecule has 36 heavy (non-hydrogen) atoms. The van der Waals surface area contributed by atoms with E-state index >= 15 is 4.39 Å². The van der Waals surface area contributed by atoms with Gasteiger partial charge in [0.2, 0.25) is 11.9 Å². The molecule has 1 amide bonds. The summed E-state index contributed by atoms with van der Waals surface area (Å²) in [6, 6.07) is 3.69. The van der Waals surface area contributed by atoms with Crippen molar-refractivity contribution in [3.05, 3.63) is 47.3 Å². The lowest BCUT2D eigenvalue weighted by Gasteiger charge is -2.35. The Hall–Kier alpha value is -3.51. The number of rotatable bonds is 6. The molecule has 9 nitrogen and oxygen atoms in total. The van der Waals surface area contributed by atoms with Crippen LogP contribution in [0.15, 0.2) is 24.3 Å². The minimum absolute atomic E-state index is 0. The van der Waals surface area contributed by atoms with E-state index in [0.717, 1.165) is 12.1 Å². The van der Waals surface area contributed by atoms with E-state index in [9.17, 15) is 13.6 Å². The fourth-order valence-corrected chi connectivity index (χ4v) is 4.06. The molecule has 4 N–H and O–H groups in total. The number of nitrogens with zero attached hydrogens (tertiary/aromatic N) is 4. The fraction of sp³-hybridized carbons (Fsp3) is 0.348. The SMILES string of the molecule is COc1cc2c(N)nc(N3CCN(C(=O)C[C@@H](N)c4ccc(F)cc4F)CC3)nc2c(F)c1OC.Cl. The van der Waals surface area contributed by atoms with Crippen molar-refractivity contribution >= 4 is 41.0 Å². The molecule has 0 radical (unpaired) electrons. The second-order valence-corrected chi connectivity index (χ2v) is 8.08. The summed E-state index contributed by atoms with van der Waals surface area (Å²) in [7, 11) is 2.71. The number of nitrogen functional groups attached to an aromatic ring is 1. The summed E-state index contributed by atoms with van der Waals surface area (Å²) in [4.78, 5) is 24.7. The molecule has 0 saturated carbocycles. The van der Waals surface area contributed by atoms with E-state index in [0.29, 0.717) is 31.6 Å².